The maximum absolute atomic E-state index is 12.0. The topological polar surface area (TPSA) is 29.5 Å². The van der Waals surface area contributed by atoms with E-state index in [2.05, 4.69) is 47.4 Å². The van der Waals surface area contributed by atoms with E-state index in [0.29, 0.717) is 19.7 Å². The van der Waals surface area contributed by atoms with Crippen molar-refractivity contribution in [1.29, 1.82) is 0 Å². The molecule has 0 N–H and O–H groups in total. The van der Waals surface area contributed by atoms with Crippen molar-refractivity contribution in [3.05, 3.63) is 83.9 Å². The van der Waals surface area contributed by atoms with Crippen LogP contribution in [0.5, 0.6) is 0 Å². The number of nitrogens with zero attached hydrogens (tertiary/aromatic N) is 1. The van der Waals surface area contributed by atoms with E-state index in [-0.39, 0.29) is 12.5 Å². The van der Waals surface area contributed by atoms with Gasteiger partial charge in [-0.3, -0.25) is 9.69 Å². The molecule has 0 saturated carbocycles. The highest BCUT2D eigenvalue weighted by atomic mass is 16.5. The molecule has 0 heterocycles. The highest BCUT2D eigenvalue weighted by molar-refractivity contribution is 5.83. The third kappa shape index (κ3) is 4.91. The first kappa shape index (κ1) is 17.2. The monoisotopic (exact) mass is 333 g/mol. The van der Waals surface area contributed by atoms with Crippen molar-refractivity contribution in [2.45, 2.75) is 20.0 Å². The third-order valence-corrected chi connectivity index (χ3v) is 4.13. The van der Waals surface area contributed by atoms with Crippen molar-refractivity contribution in [2.24, 2.45) is 0 Å². The molecule has 0 spiro atoms. The normalized spacial score (nSPS) is 11.0. The highest BCUT2D eigenvalue weighted by Gasteiger charge is 2.13. The number of ether oxygens (including phenoxy) is 1. The molecular formula is C22H23NO2. The van der Waals surface area contributed by atoms with E-state index in [1.165, 1.54) is 21.9 Å². The van der Waals surface area contributed by atoms with Gasteiger partial charge in [0, 0.05) is 13.1 Å². The average Bonchev–Trinajstić information content (AvgIpc) is 2.62. The maximum Gasteiger partial charge on any atom is 0.320 e. The van der Waals surface area contributed by atoms with Crippen molar-refractivity contribution in [2.75, 3.05) is 13.2 Å². The van der Waals surface area contributed by atoms with E-state index in [9.17, 15) is 4.79 Å². The zero-order chi connectivity index (χ0) is 17.5. The molecule has 0 aliphatic heterocycles. The van der Waals surface area contributed by atoms with Gasteiger partial charge in [0.1, 0.15) is 0 Å². The van der Waals surface area contributed by atoms with Gasteiger partial charge < -0.3 is 4.74 Å². The van der Waals surface area contributed by atoms with Gasteiger partial charge in [-0.15, -0.1) is 0 Å². The molecular weight excluding hydrogens is 310 g/mol. The second-order valence-corrected chi connectivity index (χ2v) is 6.12. The van der Waals surface area contributed by atoms with Gasteiger partial charge in [0.15, 0.2) is 0 Å². The van der Waals surface area contributed by atoms with Crippen LogP contribution in [0.3, 0.4) is 0 Å². The molecule has 0 fully saturated rings. The van der Waals surface area contributed by atoms with Crippen LogP contribution in [0.25, 0.3) is 10.8 Å². The summed E-state index contributed by atoms with van der Waals surface area (Å²) in [6.45, 7) is 3.96. The van der Waals surface area contributed by atoms with E-state index in [1.807, 2.05) is 37.3 Å². The van der Waals surface area contributed by atoms with Crippen LogP contribution in [0.1, 0.15) is 18.1 Å². The molecule has 0 aliphatic rings. The van der Waals surface area contributed by atoms with Gasteiger partial charge >= 0.3 is 5.97 Å². The fraction of sp³-hybridized carbons (Fsp3) is 0.227. The number of benzene rings is 3. The fourth-order valence-corrected chi connectivity index (χ4v) is 2.99. The van der Waals surface area contributed by atoms with Crippen molar-refractivity contribution in [1.82, 2.24) is 4.90 Å². The number of rotatable bonds is 7. The van der Waals surface area contributed by atoms with Crippen LogP contribution >= 0.6 is 0 Å². The Labute approximate surface area is 148 Å². The Hall–Kier alpha value is -2.65. The van der Waals surface area contributed by atoms with Crippen LogP contribution in [-0.4, -0.2) is 24.0 Å². The smallest absolute Gasteiger partial charge is 0.320 e. The summed E-state index contributed by atoms with van der Waals surface area (Å²) in [5.41, 5.74) is 2.38. The molecule has 0 unspecified atom stereocenters. The molecule has 0 bridgehead atoms. The number of carbonyl (C=O) groups is 1. The van der Waals surface area contributed by atoms with Crippen LogP contribution in [0.15, 0.2) is 72.8 Å². The van der Waals surface area contributed by atoms with E-state index >= 15 is 0 Å². The lowest BCUT2D eigenvalue weighted by molar-refractivity contribution is -0.144. The van der Waals surface area contributed by atoms with Gasteiger partial charge in [-0.1, -0.05) is 66.7 Å². The third-order valence-electron chi connectivity index (χ3n) is 4.13. The van der Waals surface area contributed by atoms with Gasteiger partial charge in [0.2, 0.25) is 0 Å². The van der Waals surface area contributed by atoms with Crippen LogP contribution in [0.2, 0.25) is 0 Å². The Morgan fingerprint density at radius 3 is 2.28 bits per heavy atom. The molecule has 0 saturated heterocycles. The molecule has 0 atom stereocenters. The van der Waals surface area contributed by atoms with Crippen molar-refractivity contribution in [3.8, 4) is 0 Å². The first-order chi connectivity index (χ1) is 12.2. The number of hydrogen-bond donors (Lipinski definition) is 0. The highest BCUT2D eigenvalue weighted by Crippen LogP contribution is 2.18. The van der Waals surface area contributed by atoms with Gasteiger partial charge in [-0.05, 0) is 34.9 Å². The summed E-state index contributed by atoms with van der Waals surface area (Å²) in [6, 6.07) is 25.0. The molecule has 0 amide bonds. The molecule has 3 aromatic carbocycles. The summed E-state index contributed by atoms with van der Waals surface area (Å²) in [5, 5.41) is 2.45. The minimum absolute atomic E-state index is 0.181. The summed E-state index contributed by atoms with van der Waals surface area (Å²) in [4.78, 5) is 14.1. The molecule has 3 aromatic rings. The van der Waals surface area contributed by atoms with Gasteiger partial charge in [0.25, 0.3) is 0 Å². The van der Waals surface area contributed by atoms with Gasteiger partial charge in [-0.2, -0.15) is 0 Å². The van der Waals surface area contributed by atoms with Crippen molar-refractivity contribution in [3.63, 3.8) is 0 Å². The van der Waals surface area contributed by atoms with E-state index in [4.69, 9.17) is 4.74 Å². The number of carbonyl (C=O) groups excluding carboxylic acids is 1. The minimum atomic E-state index is -0.181. The summed E-state index contributed by atoms with van der Waals surface area (Å²) in [5.74, 6) is -0.181. The fourth-order valence-electron chi connectivity index (χ4n) is 2.99. The minimum Gasteiger partial charge on any atom is -0.465 e. The molecule has 25 heavy (non-hydrogen) atoms. The van der Waals surface area contributed by atoms with E-state index in [1.54, 1.807) is 0 Å². The Morgan fingerprint density at radius 1 is 0.840 bits per heavy atom. The molecule has 3 nitrogen and oxygen atoms in total. The van der Waals surface area contributed by atoms with Crippen LogP contribution in [0, 0.1) is 0 Å². The van der Waals surface area contributed by atoms with Gasteiger partial charge in [0.05, 0.1) is 13.2 Å². The molecule has 0 aromatic heterocycles. The molecule has 0 aliphatic carbocycles. The zero-order valence-electron chi connectivity index (χ0n) is 14.5. The zero-order valence-corrected chi connectivity index (χ0v) is 14.5. The number of esters is 1. The molecule has 3 heteroatoms. The number of hydrogen-bond acceptors (Lipinski definition) is 3. The summed E-state index contributed by atoms with van der Waals surface area (Å²) in [6.07, 6.45) is 0. The van der Waals surface area contributed by atoms with Crippen molar-refractivity contribution >= 4 is 16.7 Å². The van der Waals surface area contributed by atoms with E-state index in [0.717, 1.165) is 0 Å². The lowest BCUT2D eigenvalue weighted by Gasteiger charge is -2.22. The molecule has 128 valence electrons. The average molecular weight is 333 g/mol. The first-order valence-corrected chi connectivity index (χ1v) is 8.64. The molecule has 0 radical (unpaired) electrons. The Morgan fingerprint density at radius 2 is 1.52 bits per heavy atom. The van der Waals surface area contributed by atoms with Crippen LogP contribution in [-0.2, 0) is 22.6 Å². The Balaban J connectivity index is 1.78. The summed E-state index contributed by atoms with van der Waals surface area (Å²) >= 11 is 0. The molecule has 3 rings (SSSR count). The van der Waals surface area contributed by atoms with Crippen molar-refractivity contribution < 1.29 is 9.53 Å². The Bertz CT molecular complexity index is 830. The summed E-state index contributed by atoms with van der Waals surface area (Å²) in [7, 11) is 0. The number of fused-ring (bicyclic) bond motifs is 1. The lowest BCUT2D eigenvalue weighted by atomic mass is 10.1. The second kappa shape index (κ2) is 8.45. The van der Waals surface area contributed by atoms with Crippen LogP contribution in [0.4, 0.5) is 0 Å². The lowest BCUT2D eigenvalue weighted by Crippen LogP contribution is -2.30. The van der Waals surface area contributed by atoms with E-state index < -0.39 is 0 Å². The largest absolute Gasteiger partial charge is 0.465 e. The van der Waals surface area contributed by atoms with Crippen LogP contribution < -0.4 is 0 Å². The first-order valence-electron chi connectivity index (χ1n) is 8.64. The Kier molecular flexibility index (Phi) is 5.81. The quantitative estimate of drug-likeness (QED) is 0.600. The predicted octanol–water partition coefficient (Wildman–Crippen LogP) is 4.41. The predicted molar refractivity (Wildman–Crippen MR) is 101 cm³/mol. The SMILES string of the molecule is CCOC(=O)CN(Cc1ccccc1)Cc1ccc2ccccc2c1. The standard InChI is InChI=1S/C22H23NO2/c1-2-25-22(24)17-23(15-18-8-4-3-5-9-18)16-19-12-13-20-10-6-7-11-21(20)14-19/h3-14H,2,15-17H2,1H3. The van der Waals surface area contributed by atoms with Gasteiger partial charge in [-0.25, -0.2) is 0 Å². The second-order valence-electron chi connectivity index (χ2n) is 6.12. The maximum atomic E-state index is 12.0. The summed E-state index contributed by atoms with van der Waals surface area (Å²) < 4.78 is 5.14.